The van der Waals surface area contributed by atoms with E-state index in [9.17, 15) is 0 Å². The van der Waals surface area contributed by atoms with Gasteiger partial charge in [-0.3, -0.25) is 4.79 Å². The van der Waals surface area contributed by atoms with E-state index in [1.54, 1.807) is 0 Å². The van der Waals surface area contributed by atoms with Crippen molar-refractivity contribution in [2.45, 2.75) is 53.4 Å². The smallest absolute Gasteiger partial charge is 0.290 e. The van der Waals surface area contributed by atoms with Crippen LogP contribution < -0.4 is 10.4 Å². The van der Waals surface area contributed by atoms with Crippen molar-refractivity contribution in [2.75, 3.05) is 0 Å². The maximum absolute atomic E-state index is 8.36. The van der Waals surface area contributed by atoms with Gasteiger partial charge in [0, 0.05) is 0 Å². The van der Waals surface area contributed by atoms with Crippen LogP contribution in [0.15, 0.2) is 60.7 Å². The van der Waals surface area contributed by atoms with Crippen molar-refractivity contribution < 1.29 is 9.90 Å². The normalized spacial score (nSPS) is 11.0. The fourth-order valence-electron chi connectivity index (χ4n) is 2.68. The fraction of sp³-hybridized carbons (Fsp3) is 0.320. The SMILES string of the molecule is C=c1cccc/c1=C(/C=C/CCC)CCc1cccc(C)c1.CC.O=CO. The molecular formula is C25H34O2. The molecule has 0 aromatic heterocycles. The van der Waals surface area contributed by atoms with Crippen LogP contribution in [0.5, 0.6) is 0 Å². The number of unbranched alkanes of at least 4 members (excludes halogenated alkanes) is 1. The van der Waals surface area contributed by atoms with Crippen LogP contribution in [-0.4, -0.2) is 11.6 Å². The average Bonchev–Trinajstić information content (AvgIpc) is 2.68. The quantitative estimate of drug-likeness (QED) is 0.707. The van der Waals surface area contributed by atoms with E-state index in [1.807, 2.05) is 13.8 Å². The molecule has 2 nitrogen and oxygen atoms in total. The predicted molar refractivity (Wildman–Crippen MR) is 118 cm³/mol. The van der Waals surface area contributed by atoms with Gasteiger partial charge < -0.3 is 5.11 Å². The summed E-state index contributed by atoms with van der Waals surface area (Å²) in [5.41, 5.74) is 4.13. The zero-order chi connectivity index (χ0) is 20.5. The molecule has 2 rings (SSSR count). The topological polar surface area (TPSA) is 37.3 Å². The summed E-state index contributed by atoms with van der Waals surface area (Å²) < 4.78 is 0. The molecule has 0 saturated carbocycles. The van der Waals surface area contributed by atoms with Gasteiger partial charge in [0.2, 0.25) is 0 Å². The Morgan fingerprint density at radius 1 is 1.11 bits per heavy atom. The molecule has 0 aliphatic heterocycles. The lowest BCUT2D eigenvalue weighted by Crippen LogP contribution is -2.24. The minimum atomic E-state index is -0.250. The Morgan fingerprint density at radius 2 is 1.78 bits per heavy atom. The highest BCUT2D eigenvalue weighted by atomic mass is 16.3. The third-order valence-electron chi connectivity index (χ3n) is 3.90. The summed E-state index contributed by atoms with van der Waals surface area (Å²) in [6.45, 7) is 12.3. The molecular weight excluding hydrogens is 332 g/mol. The van der Waals surface area contributed by atoms with Crippen molar-refractivity contribution in [3.8, 4) is 0 Å². The van der Waals surface area contributed by atoms with Crippen molar-refractivity contribution in [1.82, 2.24) is 0 Å². The second kappa shape index (κ2) is 15.6. The van der Waals surface area contributed by atoms with E-state index in [-0.39, 0.29) is 6.47 Å². The highest BCUT2D eigenvalue weighted by Gasteiger charge is 1.99. The lowest BCUT2D eigenvalue weighted by Gasteiger charge is -2.05. The van der Waals surface area contributed by atoms with E-state index >= 15 is 0 Å². The number of benzene rings is 2. The second-order valence-electron chi connectivity index (χ2n) is 5.97. The number of aryl methyl sites for hydroxylation is 2. The Labute approximate surface area is 164 Å². The van der Waals surface area contributed by atoms with Crippen LogP contribution in [0.1, 0.15) is 51.2 Å². The Morgan fingerprint density at radius 3 is 2.37 bits per heavy atom. The highest BCUT2D eigenvalue weighted by Crippen LogP contribution is 2.12. The van der Waals surface area contributed by atoms with Crippen molar-refractivity contribution in [3.63, 3.8) is 0 Å². The molecule has 0 unspecified atom stereocenters. The Bertz CT molecular complexity index is 788. The largest absolute Gasteiger partial charge is 0.483 e. The Balaban J connectivity index is 0.00000123. The first-order chi connectivity index (χ1) is 13.1. The molecule has 2 heteroatoms. The van der Waals surface area contributed by atoms with Gasteiger partial charge in [0.25, 0.3) is 6.47 Å². The lowest BCUT2D eigenvalue weighted by atomic mass is 10.00. The molecule has 0 radical (unpaired) electrons. The number of hydrogen-bond donors (Lipinski definition) is 1. The van der Waals surface area contributed by atoms with Crippen LogP contribution >= 0.6 is 0 Å². The van der Waals surface area contributed by atoms with Crippen LogP contribution in [0.4, 0.5) is 0 Å². The van der Waals surface area contributed by atoms with Gasteiger partial charge in [-0.15, -0.1) is 0 Å². The molecule has 27 heavy (non-hydrogen) atoms. The summed E-state index contributed by atoms with van der Waals surface area (Å²) in [4.78, 5) is 8.36. The number of rotatable bonds is 6. The average molecular weight is 367 g/mol. The summed E-state index contributed by atoms with van der Waals surface area (Å²) in [7, 11) is 0. The van der Waals surface area contributed by atoms with E-state index in [0.29, 0.717) is 0 Å². The van der Waals surface area contributed by atoms with Crippen molar-refractivity contribution in [1.29, 1.82) is 0 Å². The molecule has 0 fully saturated rings. The van der Waals surface area contributed by atoms with Crippen molar-refractivity contribution in [3.05, 3.63) is 82.2 Å². The third-order valence-corrected chi connectivity index (χ3v) is 3.90. The Kier molecular flexibility index (Phi) is 14.1. The lowest BCUT2D eigenvalue weighted by molar-refractivity contribution is -0.122. The van der Waals surface area contributed by atoms with E-state index < -0.39 is 0 Å². The molecule has 0 atom stereocenters. The van der Waals surface area contributed by atoms with Gasteiger partial charge in [-0.25, -0.2) is 0 Å². The predicted octanol–water partition coefficient (Wildman–Crippen LogP) is 5.27. The first-order valence-electron chi connectivity index (χ1n) is 9.69. The summed E-state index contributed by atoms with van der Waals surface area (Å²) in [5.74, 6) is 0. The molecule has 0 bridgehead atoms. The molecule has 0 amide bonds. The number of carboxylic acid groups (broad SMARTS) is 1. The third kappa shape index (κ3) is 10.2. The fourth-order valence-corrected chi connectivity index (χ4v) is 2.68. The van der Waals surface area contributed by atoms with Crippen LogP contribution in [0.25, 0.3) is 12.2 Å². The summed E-state index contributed by atoms with van der Waals surface area (Å²) >= 11 is 0. The van der Waals surface area contributed by atoms with Crippen LogP contribution in [-0.2, 0) is 11.2 Å². The zero-order valence-corrected chi connectivity index (χ0v) is 17.2. The van der Waals surface area contributed by atoms with Gasteiger partial charge in [-0.05, 0) is 47.8 Å². The highest BCUT2D eigenvalue weighted by molar-refractivity contribution is 5.57. The first kappa shape index (κ1) is 24.4. The molecule has 2 aromatic carbocycles. The minimum absolute atomic E-state index is 0.250. The van der Waals surface area contributed by atoms with Gasteiger partial charge in [-0.1, -0.05) is 100 Å². The molecule has 2 aromatic rings. The van der Waals surface area contributed by atoms with Gasteiger partial charge in [0.1, 0.15) is 0 Å². The monoisotopic (exact) mass is 366 g/mol. The summed E-state index contributed by atoms with van der Waals surface area (Å²) in [6, 6.07) is 17.2. The number of carbonyl (C=O) groups is 1. The van der Waals surface area contributed by atoms with Crippen molar-refractivity contribution in [2.24, 2.45) is 0 Å². The van der Waals surface area contributed by atoms with Crippen LogP contribution in [0.2, 0.25) is 0 Å². The molecule has 146 valence electrons. The first-order valence-corrected chi connectivity index (χ1v) is 9.69. The molecule has 0 aliphatic carbocycles. The standard InChI is InChI=1S/C22H26.C2H6.CH2O2/c1-4-5-6-13-21(22-14-8-7-11-19(22)3)16-15-20-12-9-10-18(2)17-20;1-2;2-1-3/h6-14,17H,3-5,15-16H2,1-2H3;1-2H3;1H,(H,2,3)/b13-6+,22-21+;;. The molecule has 0 heterocycles. The van der Waals surface area contributed by atoms with Crippen molar-refractivity contribution >= 4 is 18.6 Å². The van der Waals surface area contributed by atoms with Gasteiger partial charge in [0.05, 0.1) is 0 Å². The van der Waals surface area contributed by atoms with Gasteiger partial charge in [0.15, 0.2) is 0 Å². The van der Waals surface area contributed by atoms with Crippen LogP contribution in [0, 0.1) is 6.92 Å². The minimum Gasteiger partial charge on any atom is -0.483 e. The van der Waals surface area contributed by atoms with E-state index in [2.05, 4.69) is 81.1 Å². The van der Waals surface area contributed by atoms with Crippen LogP contribution in [0.3, 0.4) is 0 Å². The maximum Gasteiger partial charge on any atom is 0.290 e. The van der Waals surface area contributed by atoms with E-state index in [4.69, 9.17) is 9.90 Å². The summed E-state index contributed by atoms with van der Waals surface area (Å²) in [5, 5.41) is 9.28. The molecule has 1 N–H and O–H groups in total. The molecule has 0 spiro atoms. The van der Waals surface area contributed by atoms with Gasteiger partial charge in [-0.2, -0.15) is 0 Å². The number of allylic oxidation sites excluding steroid dienone is 2. The Hall–Kier alpha value is -2.61. The summed E-state index contributed by atoms with van der Waals surface area (Å²) in [6.07, 6.45) is 9.03. The molecule has 0 saturated heterocycles. The second-order valence-corrected chi connectivity index (χ2v) is 5.97. The van der Waals surface area contributed by atoms with Gasteiger partial charge >= 0.3 is 0 Å². The van der Waals surface area contributed by atoms with E-state index in [1.165, 1.54) is 28.3 Å². The zero-order valence-electron chi connectivity index (χ0n) is 17.2. The molecule has 0 aliphatic rings. The number of hydrogen-bond acceptors (Lipinski definition) is 1. The maximum atomic E-state index is 8.36. The van der Waals surface area contributed by atoms with E-state index in [0.717, 1.165) is 24.5 Å².